The van der Waals surface area contributed by atoms with E-state index in [1.54, 1.807) is 0 Å². The zero-order chi connectivity index (χ0) is 15.1. The second kappa shape index (κ2) is 5.51. The van der Waals surface area contributed by atoms with E-state index in [9.17, 15) is 0 Å². The summed E-state index contributed by atoms with van der Waals surface area (Å²) in [6.45, 7) is 1.76. The van der Waals surface area contributed by atoms with Crippen LogP contribution in [0.1, 0.15) is 5.56 Å². The average Bonchev–Trinajstić information content (AvgIpc) is 2.88. The lowest BCUT2D eigenvalue weighted by Gasteiger charge is -2.20. The first-order valence-corrected chi connectivity index (χ1v) is 7.96. The molecule has 0 spiro atoms. The Bertz CT molecular complexity index is 753. The van der Waals surface area contributed by atoms with Gasteiger partial charge in [-0.25, -0.2) is 5.01 Å². The molecule has 0 atom stereocenters. The number of benzene rings is 2. The van der Waals surface area contributed by atoms with Gasteiger partial charge in [-0.3, -0.25) is 0 Å². The Morgan fingerprint density at radius 1 is 0.955 bits per heavy atom. The fraction of sp³-hybridized carbons (Fsp3) is 0.176. The van der Waals surface area contributed by atoms with Gasteiger partial charge in [0, 0.05) is 33.7 Å². The van der Waals surface area contributed by atoms with Crippen molar-refractivity contribution in [2.24, 2.45) is 0 Å². The van der Waals surface area contributed by atoms with Gasteiger partial charge in [0.2, 0.25) is 0 Å². The molecule has 2 aromatic rings. The van der Waals surface area contributed by atoms with Crippen LogP contribution in [0, 0.1) is 0 Å². The zero-order valence-electron chi connectivity index (χ0n) is 11.9. The molecule has 2 aliphatic heterocycles. The Hall–Kier alpha value is -1.68. The highest BCUT2D eigenvalue weighted by Crippen LogP contribution is 2.33. The lowest BCUT2D eigenvalue weighted by molar-refractivity contribution is 0.416. The summed E-state index contributed by atoms with van der Waals surface area (Å²) in [5.74, 6) is 0. The van der Waals surface area contributed by atoms with E-state index in [1.165, 1.54) is 16.8 Å². The van der Waals surface area contributed by atoms with Gasteiger partial charge in [0.25, 0.3) is 0 Å². The van der Waals surface area contributed by atoms with Crippen molar-refractivity contribution in [3.05, 3.63) is 69.3 Å². The largest absolute Gasteiger partial charge is 0.357 e. The van der Waals surface area contributed by atoms with Crippen molar-refractivity contribution in [2.75, 3.05) is 23.8 Å². The molecule has 0 unspecified atom stereocenters. The molecule has 0 saturated carbocycles. The topological polar surface area (TPSA) is 27.3 Å². The predicted octanol–water partition coefficient (Wildman–Crippen LogP) is 4.56. The average molecular weight is 332 g/mol. The SMILES string of the molecule is Clc1ccc(NN2CC3=C(C2)Nc2cc(Cl)ccc2C3)cc1. The van der Waals surface area contributed by atoms with Crippen molar-refractivity contribution in [1.82, 2.24) is 5.01 Å². The van der Waals surface area contributed by atoms with Crippen LogP contribution in [0.3, 0.4) is 0 Å². The normalized spacial score (nSPS) is 17.0. The van der Waals surface area contributed by atoms with Crippen LogP contribution in [-0.4, -0.2) is 18.1 Å². The van der Waals surface area contributed by atoms with E-state index in [2.05, 4.69) is 21.8 Å². The molecule has 0 amide bonds. The molecule has 3 nitrogen and oxygen atoms in total. The van der Waals surface area contributed by atoms with Crippen molar-refractivity contribution in [1.29, 1.82) is 0 Å². The number of hydrogen-bond donors (Lipinski definition) is 2. The molecule has 0 radical (unpaired) electrons. The maximum atomic E-state index is 6.08. The molecule has 4 rings (SSSR count). The quantitative estimate of drug-likeness (QED) is 0.844. The highest BCUT2D eigenvalue weighted by Gasteiger charge is 2.26. The summed E-state index contributed by atoms with van der Waals surface area (Å²) in [5, 5.41) is 7.24. The van der Waals surface area contributed by atoms with Crippen LogP contribution in [0.5, 0.6) is 0 Å². The van der Waals surface area contributed by atoms with Gasteiger partial charge in [-0.2, -0.15) is 0 Å². The van der Waals surface area contributed by atoms with Crippen molar-refractivity contribution >= 4 is 34.6 Å². The van der Waals surface area contributed by atoms with Gasteiger partial charge < -0.3 is 10.7 Å². The third-order valence-corrected chi connectivity index (χ3v) is 4.54. The summed E-state index contributed by atoms with van der Waals surface area (Å²) < 4.78 is 0. The lowest BCUT2D eigenvalue weighted by Crippen LogP contribution is -2.28. The van der Waals surface area contributed by atoms with E-state index in [0.29, 0.717) is 0 Å². The maximum absolute atomic E-state index is 6.08. The Labute approximate surface area is 139 Å². The van der Waals surface area contributed by atoms with E-state index in [0.717, 1.165) is 40.9 Å². The first kappa shape index (κ1) is 13.9. The minimum Gasteiger partial charge on any atom is -0.357 e. The van der Waals surface area contributed by atoms with E-state index >= 15 is 0 Å². The van der Waals surface area contributed by atoms with E-state index in [4.69, 9.17) is 23.2 Å². The second-order valence-electron chi connectivity index (χ2n) is 5.66. The van der Waals surface area contributed by atoms with Gasteiger partial charge in [0.15, 0.2) is 0 Å². The van der Waals surface area contributed by atoms with Crippen LogP contribution in [-0.2, 0) is 6.42 Å². The number of halogens is 2. The number of anilines is 2. The minimum absolute atomic E-state index is 0.749. The molecule has 0 aliphatic carbocycles. The van der Waals surface area contributed by atoms with Crippen LogP contribution < -0.4 is 10.7 Å². The van der Waals surface area contributed by atoms with Gasteiger partial charge in [-0.1, -0.05) is 29.3 Å². The first-order valence-electron chi connectivity index (χ1n) is 7.21. The standard InChI is InChI=1S/C17H15Cl2N3/c18-13-3-5-15(6-4-13)21-22-9-12-7-11-1-2-14(19)8-16(11)20-17(12)10-22/h1-6,8,20-21H,7,9-10H2. The summed E-state index contributed by atoms with van der Waals surface area (Å²) in [5.41, 5.74) is 9.60. The van der Waals surface area contributed by atoms with Crippen molar-refractivity contribution in [3.8, 4) is 0 Å². The third-order valence-electron chi connectivity index (χ3n) is 4.05. The van der Waals surface area contributed by atoms with Crippen LogP contribution in [0.25, 0.3) is 0 Å². The molecule has 0 aromatic heterocycles. The van der Waals surface area contributed by atoms with Crippen LogP contribution in [0.15, 0.2) is 53.7 Å². The summed E-state index contributed by atoms with van der Waals surface area (Å²) in [4.78, 5) is 0. The Kier molecular flexibility index (Phi) is 3.49. The van der Waals surface area contributed by atoms with Crippen molar-refractivity contribution in [3.63, 3.8) is 0 Å². The molecule has 0 bridgehead atoms. The van der Waals surface area contributed by atoms with E-state index < -0.39 is 0 Å². The second-order valence-corrected chi connectivity index (χ2v) is 6.53. The molecular weight excluding hydrogens is 317 g/mol. The lowest BCUT2D eigenvalue weighted by atomic mass is 9.99. The molecular formula is C17H15Cl2N3. The predicted molar refractivity (Wildman–Crippen MR) is 92.5 cm³/mol. The van der Waals surface area contributed by atoms with Crippen LogP contribution in [0.4, 0.5) is 11.4 Å². The summed E-state index contributed by atoms with van der Waals surface area (Å²) >= 11 is 12.0. The van der Waals surface area contributed by atoms with Crippen LogP contribution >= 0.6 is 23.2 Å². The summed E-state index contributed by atoms with van der Waals surface area (Å²) in [7, 11) is 0. The highest BCUT2D eigenvalue weighted by atomic mass is 35.5. The van der Waals surface area contributed by atoms with Gasteiger partial charge in [-0.05, 0) is 54.0 Å². The number of fused-ring (bicyclic) bond motifs is 1. The van der Waals surface area contributed by atoms with Crippen LogP contribution in [0.2, 0.25) is 10.0 Å². The summed E-state index contributed by atoms with van der Waals surface area (Å²) in [6.07, 6.45) is 0.980. The molecule has 5 heteroatoms. The molecule has 2 heterocycles. The fourth-order valence-corrected chi connectivity index (χ4v) is 3.27. The Morgan fingerprint density at radius 3 is 2.55 bits per heavy atom. The maximum Gasteiger partial charge on any atom is 0.0584 e. The smallest absolute Gasteiger partial charge is 0.0584 e. The molecule has 2 N–H and O–H groups in total. The monoisotopic (exact) mass is 331 g/mol. The number of rotatable bonds is 2. The summed E-state index contributed by atoms with van der Waals surface area (Å²) in [6, 6.07) is 13.8. The molecule has 2 aliphatic rings. The van der Waals surface area contributed by atoms with Crippen molar-refractivity contribution < 1.29 is 0 Å². The molecule has 0 saturated heterocycles. The molecule has 112 valence electrons. The van der Waals surface area contributed by atoms with Crippen molar-refractivity contribution in [2.45, 2.75) is 6.42 Å². The van der Waals surface area contributed by atoms with Gasteiger partial charge in [-0.15, -0.1) is 0 Å². The third kappa shape index (κ3) is 2.68. The van der Waals surface area contributed by atoms with Gasteiger partial charge in [0.1, 0.15) is 0 Å². The fourth-order valence-electron chi connectivity index (χ4n) is 2.97. The minimum atomic E-state index is 0.749. The van der Waals surface area contributed by atoms with E-state index in [-0.39, 0.29) is 0 Å². The number of nitrogens with one attached hydrogen (secondary N) is 2. The van der Waals surface area contributed by atoms with E-state index in [1.807, 2.05) is 36.4 Å². The Morgan fingerprint density at radius 2 is 1.73 bits per heavy atom. The van der Waals surface area contributed by atoms with Gasteiger partial charge in [0.05, 0.1) is 6.54 Å². The molecule has 0 fully saturated rings. The number of hydrazine groups is 1. The number of nitrogens with zero attached hydrogens (tertiary/aromatic N) is 1. The van der Waals surface area contributed by atoms with Gasteiger partial charge >= 0.3 is 0 Å². The Balaban J connectivity index is 1.47. The number of hydrogen-bond acceptors (Lipinski definition) is 3. The zero-order valence-corrected chi connectivity index (χ0v) is 13.4. The first-order chi connectivity index (χ1) is 10.7. The molecule has 22 heavy (non-hydrogen) atoms. The molecule has 2 aromatic carbocycles. The highest BCUT2D eigenvalue weighted by molar-refractivity contribution is 6.31.